The topological polar surface area (TPSA) is 154 Å². The fourth-order valence-electron chi connectivity index (χ4n) is 3.68. The number of carbonyl (C=O) groups excluding carboxylic acids is 1. The van der Waals surface area contributed by atoms with Gasteiger partial charge >= 0.3 is 5.69 Å². The van der Waals surface area contributed by atoms with Gasteiger partial charge in [0.25, 0.3) is 5.56 Å². The first-order valence-electron chi connectivity index (χ1n) is 9.78. The minimum absolute atomic E-state index is 0.0221. The first-order chi connectivity index (χ1) is 15.2. The lowest BCUT2D eigenvalue weighted by Gasteiger charge is -2.30. The number of methoxy groups -OCH3 is 1. The number of thiazole rings is 1. The van der Waals surface area contributed by atoms with Gasteiger partial charge in [0.05, 0.1) is 17.3 Å². The Hall–Kier alpha value is -3.03. The Kier molecular flexibility index (Phi) is 5.88. The summed E-state index contributed by atoms with van der Waals surface area (Å²) in [7, 11) is -2.53. The Morgan fingerprint density at radius 3 is 2.62 bits per heavy atom. The third-order valence-electron chi connectivity index (χ3n) is 5.32. The molecule has 32 heavy (non-hydrogen) atoms. The molecular weight excluding hydrogens is 458 g/mol. The quantitative estimate of drug-likeness (QED) is 0.494. The maximum absolute atomic E-state index is 12.9. The summed E-state index contributed by atoms with van der Waals surface area (Å²) in [5.74, 6) is 0.0771. The Labute approximate surface area is 186 Å². The normalized spacial score (nSPS) is 15.7. The van der Waals surface area contributed by atoms with E-state index >= 15 is 0 Å². The molecule has 1 aliphatic heterocycles. The zero-order valence-electron chi connectivity index (χ0n) is 17.3. The van der Waals surface area contributed by atoms with Crippen molar-refractivity contribution in [2.24, 2.45) is 5.92 Å². The van der Waals surface area contributed by atoms with Crippen LogP contribution in [0.1, 0.15) is 18.5 Å². The molecule has 0 atom stereocenters. The van der Waals surface area contributed by atoms with Gasteiger partial charge in [-0.15, -0.1) is 0 Å². The van der Waals surface area contributed by atoms with E-state index in [1.165, 1.54) is 18.3 Å². The van der Waals surface area contributed by atoms with E-state index < -0.39 is 32.1 Å². The Bertz CT molecular complexity index is 1400. The van der Waals surface area contributed by atoms with Crippen LogP contribution in [0.15, 0.2) is 32.7 Å². The number of aromatic amines is 2. The van der Waals surface area contributed by atoms with Crippen LogP contribution < -0.4 is 21.3 Å². The van der Waals surface area contributed by atoms with Gasteiger partial charge in [-0.3, -0.25) is 14.6 Å². The maximum Gasteiger partial charge on any atom is 0.325 e. The van der Waals surface area contributed by atoms with Crippen molar-refractivity contribution in [1.29, 1.82) is 0 Å². The van der Waals surface area contributed by atoms with Gasteiger partial charge in [-0.2, -0.15) is 4.31 Å². The van der Waals surface area contributed by atoms with Gasteiger partial charge < -0.3 is 15.0 Å². The molecule has 11 nitrogen and oxygen atoms in total. The van der Waals surface area contributed by atoms with E-state index in [0.717, 1.165) is 14.5 Å². The van der Waals surface area contributed by atoms with Gasteiger partial charge in [-0.1, -0.05) is 11.3 Å². The highest BCUT2D eigenvalue weighted by atomic mass is 32.2. The van der Waals surface area contributed by atoms with Crippen LogP contribution in [0.4, 0.5) is 5.13 Å². The number of amides is 1. The molecule has 0 aliphatic carbocycles. The summed E-state index contributed by atoms with van der Waals surface area (Å²) in [6, 6.07) is 5.44. The molecule has 1 amide bonds. The second-order valence-corrected chi connectivity index (χ2v) is 10.3. The van der Waals surface area contributed by atoms with Crippen molar-refractivity contribution < 1.29 is 17.9 Å². The molecular formula is C19H21N5O6S2. The Morgan fingerprint density at radius 1 is 1.25 bits per heavy atom. The molecule has 1 fully saturated rings. The summed E-state index contributed by atoms with van der Waals surface area (Å²) in [5, 5.41) is 3.27. The number of benzene rings is 1. The molecule has 3 heterocycles. The SMILES string of the molecule is COc1ccc2nc(NC(=O)C3CCN(S(=O)(=O)c4c(C)[nH]c(=O)[nH]c4=O)CC3)sc2c1. The highest BCUT2D eigenvalue weighted by molar-refractivity contribution is 7.89. The fraction of sp³-hybridized carbons (Fsp3) is 0.368. The summed E-state index contributed by atoms with van der Waals surface area (Å²) in [6.07, 6.45) is 0.591. The van der Waals surface area contributed by atoms with Gasteiger partial charge in [0.15, 0.2) is 10.0 Å². The lowest BCUT2D eigenvalue weighted by Crippen LogP contribution is -2.44. The summed E-state index contributed by atoms with van der Waals surface area (Å²) in [4.78, 5) is 44.3. The van der Waals surface area contributed by atoms with Crippen molar-refractivity contribution in [2.45, 2.75) is 24.7 Å². The molecule has 170 valence electrons. The molecule has 1 aromatic carbocycles. The van der Waals surface area contributed by atoms with Crippen LogP contribution in [-0.2, 0) is 14.8 Å². The minimum atomic E-state index is -4.11. The third-order valence-corrected chi connectivity index (χ3v) is 8.31. The van der Waals surface area contributed by atoms with E-state index in [-0.39, 0.29) is 24.7 Å². The molecule has 4 rings (SSSR count). The second-order valence-electron chi connectivity index (χ2n) is 7.38. The maximum atomic E-state index is 12.9. The van der Waals surface area contributed by atoms with Crippen LogP contribution in [0.2, 0.25) is 0 Å². The van der Waals surface area contributed by atoms with Gasteiger partial charge in [-0.25, -0.2) is 18.2 Å². The van der Waals surface area contributed by atoms with Gasteiger partial charge in [0, 0.05) is 24.7 Å². The van der Waals surface area contributed by atoms with E-state index in [1.807, 2.05) is 17.1 Å². The summed E-state index contributed by atoms with van der Waals surface area (Å²) >= 11 is 1.33. The van der Waals surface area contributed by atoms with E-state index in [1.54, 1.807) is 13.2 Å². The van der Waals surface area contributed by atoms with Crippen molar-refractivity contribution in [3.8, 4) is 5.75 Å². The highest BCUT2D eigenvalue weighted by Gasteiger charge is 2.35. The Morgan fingerprint density at radius 2 is 1.97 bits per heavy atom. The molecule has 1 aliphatic rings. The number of sulfonamides is 1. The zero-order chi connectivity index (χ0) is 23.0. The molecule has 0 unspecified atom stereocenters. The van der Waals surface area contributed by atoms with Crippen molar-refractivity contribution in [2.75, 3.05) is 25.5 Å². The van der Waals surface area contributed by atoms with Crippen LogP contribution in [0.25, 0.3) is 10.2 Å². The van der Waals surface area contributed by atoms with Crippen molar-refractivity contribution in [3.63, 3.8) is 0 Å². The number of piperidine rings is 1. The highest BCUT2D eigenvalue weighted by Crippen LogP contribution is 2.30. The van der Waals surface area contributed by atoms with E-state index in [2.05, 4.69) is 15.3 Å². The number of anilines is 1. The fourth-order valence-corrected chi connectivity index (χ4v) is 6.25. The number of aryl methyl sites for hydroxylation is 1. The third kappa shape index (κ3) is 4.18. The molecule has 0 bridgehead atoms. The molecule has 0 spiro atoms. The summed E-state index contributed by atoms with van der Waals surface area (Å²) in [6.45, 7) is 1.52. The number of aromatic nitrogens is 3. The molecule has 1 saturated heterocycles. The summed E-state index contributed by atoms with van der Waals surface area (Å²) in [5.41, 5.74) is -1.01. The smallest absolute Gasteiger partial charge is 0.325 e. The molecule has 2 aromatic heterocycles. The van der Waals surface area contributed by atoms with Crippen molar-refractivity contribution >= 4 is 42.6 Å². The monoisotopic (exact) mass is 479 g/mol. The first kappa shape index (κ1) is 22.2. The number of fused-ring (bicyclic) bond motifs is 1. The number of hydrogen-bond donors (Lipinski definition) is 3. The number of nitrogens with zero attached hydrogens (tertiary/aromatic N) is 2. The molecule has 0 saturated carbocycles. The van der Waals surface area contributed by atoms with Crippen LogP contribution in [0.5, 0.6) is 5.75 Å². The zero-order valence-corrected chi connectivity index (χ0v) is 18.9. The molecule has 13 heteroatoms. The van der Waals surface area contributed by atoms with Gasteiger partial charge in [-0.05, 0) is 38.0 Å². The molecule has 3 N–H and O–H groups in total. The molecule has 0 radical (unpaired) electrons. The summed E-state index contributed by atoms with van der Waals surface area (Å²) < 4.78 is 33.1. The standard InChI is InChI=1S/C19H21N5O6S2/c1-10-15(17(26)22-18(27)20-10)32(28,29)24-7-5-11(6-8-24)16(25)23-19-21-13-4-3-12(30-2)9-14(13)31-19/h3-4,9,11H,5-8H2,1-2H3,(H,21,23,25)(H2,20,22,26,27). The average Bonchev–Trinajstić information content (AvgIpc) is 3.14. The second kappa shape index (κ2) is 8.48. The number of rotatable bonds is 5. The minimum Gasteiger partial charge on any atom is -0.497 e. The Balaban J connectivity index is 1.44. The van der Waals surface area contributed by atoms with E-state index in [0.29, 0.717) is 23.7 Å². The van der Waals surface area contributed by atoms with Gasteiger partial charge in [0.2, 0.25) is 15.9 Å². The number of nitrogens with one attached hydrogen (secondary N) is 3. The van der Waals surface area contributed by atoms with E-state index in [4.69, 9.17) is 4.74 Å². The van der Waals surface area contributed by atoms with Crippen molar-refractivity contribution in [1.82, 2.24) is 19.3 Å². The largest absolute Gasteiger partial charge is 0.497 e. The van der Waals surface area contributed by atoms with Crippen LogP contribution >= 0.6 is 11.3 Å². The lowest BCUT2D eigenvalue weighted by atomic mass is 9.97. The van der Waals surface area contributed by atoms with Crippen molar-refractivity contribution in [3.05, 3.63) is 44.7 Å². The predicted molar refractivity (Wildman–Crippen MR) is 119 cm³/mol. The van der Waals surface area contributed by atoms with Crippen LogP contribution in [0.3, 0.4) is 0 Å². The predicted octanol–water partition coefficient (Wildman–Crippen LogP) is 1.03. The molecule has 3 aromatic rings. The number of carbonyl (C=O) groups is 1. The number of H-pyrrole nitrogens is 2. The van der Waals surface area contributed by atoms with Gasteiger partial charge in [0.1, 0.15) is 5.75 Å². The van der Waals surface area contributed by atoms with Crippen LogP contribution in [0, 0.1) is 12.8 Å². The first-order valence-corrected chi connectivity index (χ1v) is 12.0. The van der Waals surface area contributed by atoms with E-state index in [9.17, 15) is 22.8 Å². The van der Waals surface area contributed by atoms with Crippen LogP contribution in [-0.4, -0.2) is 53.8 Å². The number of ether oxygens (including phenoxy) is 1. The average molecular weight is 480 g/mol. The number of hydrogen-bond acceptors (Lipinski definition) is 8. The lowest BCUT2D eigenvalue weighted by molar-refractivity contribution is -0.120.